The largest absolute Gasteiger partial charge is 0.378 e. The van der Waals surface area contributed by atoms with E-state index in [1.807, 2.05) is 0 Å². The molecule has 3 rings (SSSR count). The first kappa shape index (κ1) is 13.3. The Bertz CT molecular complexity index is 569. The first-order valence-corrected chi connectivity index (χ1v) is 7.73. The molecule has 0 amide bonds. The summed E-state index contributed by atoms with van der Waals surface area (Å²) in [6.07, 6.45) is 0. The summed E-state index contributed by atoms with van der Waals surface area (Å²) in [7, 11) is 0. The van der Waals surface area contributed by atoms with Gasteiger partial charge < -0.3 is 9.64 Å². The van der Waals surface area contributed by atoms with Crippen molar-refractivity contribution in [1.29, 1.82) is 0 Å². The van der Waals surface area contributed by atoms with Crippen molar-refractivity contribution >= 4 is 22.9 Å². The summed E-state index contributed by atoms with van der Waals surface area (Å²) >= 11 is 1.73. The highest BCUT2D eigenvalue weighted by Gasteiger charge is 2.17. The van der Waals surface area contributed by atoms with E-state index in [1.54, 1.807) is 11.3 Å². The Morgan fingerprint density at radius 2 is 1.90 bits per heavy atom. The van der Waals surface area contributed by atoms with Crippen LogP contribution in [0.4, 0.5) is 5.69 Å². The van der Waals surface area contributed by atoms with E-state index in [9.17, 15) is 0 Å². The fourth-order valence-corrected chi connectivity index (χ4v) is 2.95. The number of hydrogen-bond acceptors (Lipinski definition) is 3. The number of morpholine rings is 1. The van der Waals surface area contributed by atoms with Gasteiger partial charge in [-0.3, -0.25) is 0 Å². The van der Waals surface area contributed by atoms with Crippen molar-refractivity contribution in [3.63, 3.8) is 0 Å². The number of nitrogens with zero attached hydrogens (tertiary/aromatic N) is 2. The van der Waals surface area contributed by atoms with Crippen LogP contribution in [0.1, 0.15) is 10.4 Å². The third kappa shape index (κ3) is 3.08. The van der Waals surface area contributed by atoms with E-state index in [0.29, 0.717) is 0 Å². The van der Waals surface area contributed by atoms with Crippen LogP contribution in [0.5, 0.6) is 0 Å². The Morgan fingerprint density at radius 1 is 1.15 bits per heavy atom. The Morgan fingerprint density at radius 3 is 2.55 bits per heavy atom. The topological polar surface area (TPSA) is 24.8 Å². The van der Waals surface area contributed by atoms with Gasteiger partial charge >= 0.3 is 0 Å². The molecule has 0 atom stereocenters. The zero-order valence-electron chi connectivity index (χ0n) is 11.6. The number of benzene rings is 1. The zero-order chi connectivity index (χ0) is 13.8. The van der Waals surface area contributed by atoms with Crippen molar-refractivity contribution in [2.75, 3.05) is 26.3 Å². The molecule has 1 aromatic carbocycles. The molecular formula is C16H18N2OS. The minimum absolute atomic E-state index is 0.776. The maximum Gasteiger partial charge on any atom is 0.146 e. The number of aryl methyl sites for hydroxylation is 1. The summed E-state index contributed by atoms with van der Waals surface area (Å²) in [6.45, 7) is 5.46. The maximum atomic E-state index is 5.44. The Balaban J connectivity index is 1.94. The minimum atomic E-state index is 0.776. The second kappa shape index (κ2) is 6.20. The maximum absolute atomic E-state index is 5.44. The van der Waals surface area contributed by atoms with Gasteiger partial charge in [-0.05, 0) is 30.5 Å². The van der Waals surface area contributed by atoms with E-state index >= 15 is 0 Å². The molecule has 1 aliphatic heterocycles. The number of ether oxygens (including phenoxy) is 1. The zero-order valence-corrected chi connectivity index (χ0v) is 12.4. The van der Waals surface area contributed by atoms with Gasteiger partial charge in [-0.1, -0.05) is 23.8 Å². The van der Waals surface area contributed by atoms with Gasteiger partial charge in [-0.2, -0.15) is 0 Å². The van der Waals surface area contributed by atoms with Gasteiger partial charge in [-0.25, -0.2) is 4.99 Å². The SMILES string of the molecule is Cc1ccc(N=C(c2cccs2)N2CCOCC2)cc1. The molecule has 0 spiro atoms. The number of thiophene rings is 1. The third-order valence-electron chi connectivity index (χ3n) is 3.32. The molecular weight excluding hydrogens is 268 g/mol. The molecule has 2 heterocycles. The summed E-state index contributed by atoms with van der Waals surface area (Å²) in [5.74, 6) is 1.06. The van der Waals surface area contributed by atoms with Gasteiger partial charge in [0.25, 0.3) is 0 Å². The van der Waals surface area contributed by atoms with Crippen LogP contribution >= 0.6 is 11.3 Å². The summed E-state index contributed by atoms with van der Waals surface area (Å²) < 4.78 is 5.44. The monoisotopic (exact) mass is 286 g/mol. The van der Waals surface area contributed by atoms with E-state index in [4.69, 9.17) is 9.73 Å². The Labute approximate surface area is 123 Å². The molecule has 0 radical (unpaired) electrons. The molecule has 1 aromatic heterocycles. The first-order chi connectivity index (χ1) is 9.83. The van der Waals surface area contributed by atoms with Gasteiger partial charge in [0.2, 0.25) is 0 Å². The second-order valence-electron chi connectivity index (χ2n) is 4.85. The van der Waals surface area contributed by atoms with Gasteiger partial charge in [0.1, 0.15) is 5.84 Å². The lowest BCUT2D eigenvalue weighted by Crippen LogP contribution is -2.40. The molecule has 104 valence electrons. The molecule has 20 heavy (non-hydrogen) atoms. The van der Waals surface area contributed by atoms with Crippen LogP contribution in [0.3, 0.4) is 0 Å². The summed E-state index contributed by atoms with van der Waals surface area (Å²) in [5.41, 5.74) is 2.26. The molecule has 1 fully saturated rings. The quantitative estimate of drug-likeness (QED) is 0.624. The average Bonchev–Trinajstić information content (AvgIpc) is 3.01. The smallest absolute Gasteiger partial charge is 0.146 e. The predicted molar refractivity (Wildman–Crippen MR) is 84.1 cm³/mol. The summed E-state index contributed by atoms with van der Waals surface area (Å²) in [5, 5.41) is 2.10. The van der Waals surface area contributed by atoms with Crippen molar-refractivity contribution in [2.24, 2.45) is 4.99 Å². The van der Waals surface area contributed by atoms with Crippen molar-refractivity contribution in [2.45, 2.75) is 6.92 Å². The Kier molecular flexibility index (Phi) is 4.14. The lowest BCUT2D eigenvalue weighted by atomic mass is 10.2. The lowest BCUT2D eigenvalue weighted by Gasteiger charge is -2.29. The van der Waals surface area contributed by atoms with Crippen molar-refractivity contribution in [1.82, 2.24) is 4.90 Å². The third-order valence-corrected chi connectivity index (χ3v) is 4.19. The minimum Gasteiger partial charge on any atom is -0.378 e. The van der Waals surface area contributed by atoms with Crippen LogP contribution in [0, 0.1) is 6.92 Å². The molecule has 0 unspecified atom stereocenters. The van der Waals surface area contributed by atoms with Gasteiger partial charge in [-0.15, -0.1) is 11.3 Å². The van der Waals surface area contributed by atoms with E-state index in [1.165, 1.54) is 10.4 Å². The van der Waals surface area contributed by atoms with Gasteiger partial charge in [0.05, 0.1) is 23.8 Å². The number of aliphatic imine (C=N–C) groups is 1. The molecule has 3 nitrogen and oxygen atoms in total. The average molecular weight is 286 g/mol. The van der Waals surface area contributed by atoms with E-state index in [2.05, 4.69) is 53.6 Å². The lowest BCUT2D eigenvalue weighted by molar-refractivity contribution is 0.0684. The van der Waals surface area contributed by atoms with Crippen molar-refractivity contribution in [3.05, 3.63) is 52.2 Å². The molecule has 0 N–H and O–H groups in total. The number of rotatable bonds is 2. The molecule has 0 saturated carbocycles. The molecule has 2 aromatic rings. The fourth-order valence-electron chi connectivity index (χ4n) is 2.20. The Hall–Kier alpha value is -1.65. The molecule has 0 bridgehead atoms. The summed E-state index contributed by atoms with van der Waals surface area (Å²) in [6, 6.07) is 12.6. The van der Waals surface area contributed by atoms with Crippen LogP contribution in [-0.2, 0) is 4.74 Å². The van der Waals surface area contributed by atoms with Crippen LogP contribution in [0.15, 0.2) is 46.8 Å². The van der Waals surface area contributed by atoms with E-state index in [-0.39, 0.29) is 0 Å². The number of amidine groups is 1. The van der Waals surface area contributed by atoms with Crippen molar-refractivity contribution < 1.29 is 4.74 Å². The first-order valence-electron chi connectivity index (χ1n) is 6.85. The summed E-state index contributed by atoms with van der Waals surface area (Å²) in [4.78, 5) is 8.39. The normalized spacial score (nSPS) is 16.4. The highest BCUT2D eigenvalue weighted by atomic mass is 32.1. The van der Waals surface area contributed by atoms with Crippen LogP contribution in [0.2, 0.25) is 0 Å². The molecule has 1 saturated heterocycles. The highest BCUT2D eigenvalue weighted by molar-refractivity contribution is 7.12. The van der Waals surface area contributed by atoms with E-state index in [0.717, 1.165) is 37.8 Å². The standard InChI is InChI=1S/C16H18N2OS/c1-13-4-6-14(7-5-13)17-16(15-3-2-12-20-15)18-8-10-19-11-9-18/h2-7,12H,8-11H2,1H3. The van der Waals surface area contributed by atoms with Gasteiger partial charge in [0.15, 0.2) is 0 Å². The highest BCUT2D eigenvalue weighted by Crippen LogP contribution is 2.20. The van der Waals surface area contributed by atoms with Gasteiger partial charge in [0, 0.05) is 13.1 Å². The fraction of sp³-hybridized carbons (Fsp3) is 0.312. The van der Waals surface area contributed by atoms with Crippen LogP contribution in [0.25, 0.3) is 0 Å². The predicted octanol–water partition coefficient (Wildman–Crippen LogP) is 3.47. The molecule has 0 aliphatic carbocycles. The van der Waals surface area contributed by atoms with E-state index < -0.39 is 0 Å². The number of hydrogen-bond donors (Lipinski definition) is 0. The van der Waals surface area contributed by atoms with Crippen molar-refractivity contribution in [3.8, 4) is 0 Å². The van der Waals surface area contributed by atoms with Crippen LogP contribution < -0.4 is 0 Å². The second-order valence-corrected chi connectivity index (χ2v) is 5.80. The molecule has 4 heteroatoms. The van der Waals surface area contributed by atoms with Crippen LogP contribution in [-0.4, -0.2) is 37.0 Å². The molecule has 1 aliphatic rings.